The minimum Gasteiger partial charge on any atom is -0.459 e. The average molecular weight is 651 g/mol. The summed E-state index contributed by atoms with van der Waals surface area (Å²) in [5.41, 5.74) is -0.702. The van der Waals surface area contributed by atoms with Gasteiger partial charge in [-0.3, -0.25) is 9.68 Å². The van der Waals surface area contributed by atoms with Gasteiger partial charge in [0.25, 0.3) is 0 Å². The fourth-order valence-electron chi connectivity index (χ4n) is 8.01. The number of hydroxylamine groups is 4. The summed E-state index contributed by atoms with van der Waals surface area (Å²) in [6.07, 6.45) is 5.13. The highest BCUT2D eigenvalue weighted by atomic mass is 16.9. The number of benzene rings is 2. The Balaban J connectivity index is 1.55. The van der Waals surface area contributed by atoms with Crippen LogP contribution in [0.15, 0.2) is 60.7 Å². The molecule has 4 rings (SSSR count). The second-order valence-electron chi connectivity index (χ2n) is 16.0. The van der Waals surface area contributed by atoms with E-state index in [-0.39, 0.29) is 24.1 Å². The first-order valence-corrected chi connectivity index (χ1v) is 17.4. The molecule has 0 radical (unpaired) electrons. The van der Waals surface area contributed by atoms with Crippen LogP contribution >= 0.6 is 0 Å². The van der Waals surface area contributed by atoms with Crippen LogP contribution in [0.5, 0.6) is 0 Å². The Morgan fingerprint density at radius 3 is 1.17 bits per heavy atom. The Morgan fingerprint density at radius 1 is 0.596 bits per heavy atom. The van der Waals surface area contributed by atoms with Crippen LogP contribution in [0.1, 0.15) is 141 Å². The van der Waals surface area contributed by atoms with Crippen LogP contribution in [0.4, 0.5) is 0 Å². The van der Waals surface area contributed by atoms with Gasteiger partial charge in [-0.25, -0.2) is 9.59 Å². The second kappa shape index (κ2) is 14.4. The molecule has 0 amide bonds. The van der Waals surface area contributed by atoms with Crippen molar-refractivity contribution in [2.24, 2.45) is 0 Å². The highest BCUT2D eigenvalue weighted by Gasteiger charge is 2.55. The maximum atomic E-state index is 13.0. The van der Waals surface area contributed by atoms with Gasteiger partial charge in [-0.05, 0) is 79.7 Å². The molecule has 2 aliphatic rings. The summed E-state index contributed by atoms with van der Waals surface area (Å²) in [6.45, 7) is 21.5. The number of rotatable bonds is 12. The number of nitrogens with zero attached hydrogens (tertiary/aromatic N) is 2. The monoisotopic (exact) mass is 650 g/mol. The third kappa shape index (κ3) is 8.83. The van der Waals surface area contributed by atoms with E-state index >= 15 is 0 Å². The van der Waals surface area contributed by atoms with E-state index in [4.69, 9.17) is 19.1 Å². The molecular weight excluding hydrogens is 592 g/mol. The van der Waals surface area contributed by atoms with Crippen molar-refractivity contribution in [2.75, 3.05) is 0 Å². The molecule has 0 unspecified atom stereocenters. The van der Waals surface area contributed by atoms with Crippen LogP contribution in [0, 0.1) is 0 Å². The van der Waals surface area contributed by atoms with E-state index in [1.165, 1.54) is 0 Å². The van der Waals surface area contributed by atoms with Gasteiger partial charge in [0.2, 0.25) is 5.79 Å². The molecule has 8 nitrogen and oxygen atoms in total. The predicted molar refractivity (Wildman–Crippen MR) is 184 cm³/mol. The Bertz CT molecular complexity index is 1200. The molecule has 47 heavy (non-hydrogen) atoms. The number of hydrogen-bond donors (Lipinski definition) is 0. The number of piperidine rings is 2. The van der Waals surface area contributed by atoms with E-state index in [9.17, 15) is 9.59 Å². The standard InChI is InChI=1S/C39H58N2O6/c1-11-23-39(24-12-2,46-40-35(3,4)25-31(26-36(40,5)6)44-33(42)29-19-15-13-16-20-29)47-41-37(7,8)27-32(28-38(41,9)10)45-34(43)30-21-17-14-18-22-30/h13-22,31-32H,11-12,23-28H2,1-10H3. The fourth-order valence-corrected chi connectivity index (χ4v) is 8.01. The first kappa shape index (κ1) is 37.0. The average Bonchev–Trinajstić information content (AvgIpc) is 2.97. The van der Waals surface area contributed by atoms with Crippen molar-refractivity contribution in [1.82, 2.24) is 10.1 Å². The minimum atomic E-state index is -0.923. The topological polar surface area (TPSA) is 77.5 Å². The fraction of sp³-hybridized carbons (Fsp3) is 0.641. The van der Waals surface area contributed by atoms with Crippen molar-refractivity contribution in [3.05, 3.63) is 71.8 Å². The van der Waals surface area contributed by atoms with Crippen molar-refractivity contribution in [1.29, 1.82) is 0 Å². The van der Waals surface area contributed by atoms with Crippen LogP contribution in [0.3, 0.4) is 0 Å². The Hall–Kier alpha value is -2.78. The van der Waals surface area contributed by atoms with Gasteiger partial charge in [-0.1, -0.05) is 63.1 Å². The molecule has 0 bridgehead atoms. The maximum absolute atomic E-state index is 13.0. The first-order chi connectivity index (χ1) is 21.9. The smallest absolute Gasteiger partial charge is 0.338 e. The van der Waals surface area contributed by atoms with Gasteiger partial charge in [-0.2, -0.15) is 10.1 Å². The van der Waals surface area contributed by atoms with E-state index in [0.717, 1.165) is 12.8 Å². The molecule has 0 saturated carbocycles. The molecule has 2 aromatic carbocycles. The van der Waals surface area contributed by atoms with Crippen molar-refractivity contribution < 1.29 is 28.7 Å². The molecule has 0 aliphatic carbocycles. The van der Waals surface area contributed by atoms with Crippen LogP contribution < -0.4 is 0 Å². The van der Waals surface area contributed by atoms with Gasteiger partial charge in [0.15, 0.2) is 0 Å². The van der Waals surface area contributed by atoms with Crippen LogP contribution in [-0.2, 0) is 19.1 Å². The zero-order valence-electron chi connectivity index (χ0n) is 30.4. The molecule has 8 heteroatoms. The number of ether oxygens (including phenoxy) is 2. The number of esters is 2. The maximum Gasteiger partial charge on any atom is 0.338 e. The molecule has 2 fully saturated rings. The lowest BCUT2D eigenvalue weighted by Crippen LogP contribution is -2.68. The number of carbonyl (C=O) groups excluding carboxylic acids is 2. The normalized spacial score (nSPS) is 21.7. The largest absolute Gasteiger partial charge is 0.459 e. The molecule has 2 aliphatic heterocycles. The van der Waals surface area contributed by atoms with Gasteiger partial charge in [0, 0.05) is 60.7 Å². The van der Waals surface area contributed by atoms with Gasteiger partial charge < -0.3 is 9.47 Å². The highest BCUT2D eigenvalue weighted by Crippen LogP contribution is 2.47. The van der Waals surface area contributed by atoms with Gasteiger partial charge >= 0.3 is 11.9 Å². The molecule has 2 heterocycles. The van der Waals surface area contributed by atoms with Gasteiger partial charge in [-0.15, -0.1) is 0 Å². The molecule has 2 saturated heterocycles. The van der Waals surface area contributed by atoms with Crippen molar-refractivity contribution in [3.8, 4) is 0 Å². The molecule has 0 spiro atoms. The molecular formula is C39H58N2O6. The quantitative estimate of drug-likeness (QED) is 0.167. The lowest BCUT2D eigenvalue weighted by molar-refractivity contribution is -0.475. The summed E-state index contributed by atoms with van der Waals surface area (Å²) >= 11 is 0. The van der Waals surface area contributed by atoms with Crippen molar-refractivity contribution in [2.45, 2.75) is 161 Å². The van der Waals surface area contributed by atoms with E-state index < -0.39 is 27.9 Å². The van der Waals surface area contributed by atoms with Crippen LogP contribution in [-0.4, -0.2) is 62.2 Å². The van der Waals surface area contributed by atoms with Gasteiger partial charge in [0.1, 0.15) is 12.2 Å². The Kier molecular flexibility index (Phi) is 11.3. The second-order valence-corrected chi connectivity index (χ2v) is 16.0. The highest BCUT2D eigenvalue weighted by molar-refractivity contribution is 5.89. The predicted octanol–water partition coefficient (Wildman–Crippen LogP) is 8.90. The number of carbonyl (C=O) groups is 2. The Morgan fingerprint density at radius 2 is 0.894 bits per heavy atom. The summed E-state index contributed by atoms with van der Waals surface area (Å²) in [4.78, 5) is 40.4. The van der Waals surface area contributed by atoms with Crippen LogP contribution in [0.25, 0.3) is 0 Å². The zero-order chi connectivity index (χ0) is 34.7. The van der Waals surface area contributed by atoms with Crippen LogP contribution in [0.2, 0.25) is 0 Å². The zero-order valence-corrected chi connectivity index (χ0v) is 30.4. The molecule has 260 valence electrons. The van der Waals surface area contributed by atoms with E-state index in [1.807, 2.05) is 36.4 Å². The van der Waals surface area contributed by atoms with Crippen molar-refractivity contribution >= 4 is 11.9 Å². The molecule has 0 N–H and O–H groups in total. The van der Waals surface area contributed by atoms with E-state index in [0.29, 0.717) is 49.7 Å². The summed E-state index contributed by atoms with van der Waals surface area (Å²) in [5.74, 6) is -1.52. The first-order valence-electron chi connectivity index (χ1n) is 17.4. The summed E-state index contributed by atoms with van der Waals surface area (Å²) in [5, 5.41) is 4.24. The molecule has 0 aromatic heterocycles. The minimum absolute atomic E-state index is 0.254. The Labute approximate surface area is 283 Å². The molecule has 2 aromatic rings. The van der Waals surface area contributed by atoms with E-state index in [1.54, 1.807) is 24.3 Å². The lowest BCUT2D eigenvalue weighted by Gasteiger charge is -2.59. The number of hydrogen-bond acceptors (Lipinski definition) is 8. The third-order valence-electron chi connectivity index (χ3n) is 9.45. The van der Waals surface area contributed by atoms with Crippen molar-refractivity contribution in [3.63, 3.8) is 0 Å². The molecule has 0 atom stereocenters. The lowest BCUT2D eigenvalue weighted by atomic mass is 9.80. The summed E-state index contributed by atoms with van der Waals surface area (Å²) < 4.78 is 12.1. The SMILES string of the molecule is CCCC(CCC)(ON1C(C)(C)CC(OC(=O)c2ccccc2)CC1(C)C)ON1C(C)(C)CC(OC(=O)c2ccccc2)CC1(C)C. The summed E-state index contributed by atoms with van der Waals surface area (Å²) in [6, 6.07) is 18.3. The summed E-state index contributed by atoms with van der Waals surface area (Å²) in [7, 11) is 0. The van der Waals surface area contributed by atoms with E-state index in [2.05, 4.69) is 79.4 Å². The third-order valence-corrected chi connectivity index (χ3v) is 9.45. The van der Waals surface area contributed by atoms with Gasteiger partial charge in [0.05, 0.1) is 11.1 Å².